The van der Waals surface area contributed by atoms with Crippen LogP contribution >= 0.6 is 0 Å². The van der Waals surface area contributed by atoms with Crippen LogP contribution in [0.2, 0.25) is 0 Å². The minimum absolute atomic E-state index is 0.00422. The fourth-order valence-electron chi connectivity index (χ4n) is 3.42. The van der Waals surface area contributed by atoms with Crippen LogP contribution in [0.5, 0.6) is 0 Å². The van der Waals surface area contributed by atoms with Gasteiger partial charge >= 0.3 is 12.2 Å². The second-order valence-electron chi connectivity index (χ2n) is 7.44. The second kappa shape index (κ2) is 9.95. The standard InChI is InChI=1S/C22H21F3N8O2/c23-22(24,25)14-3-6-18(28-10-14)32-21(35)31-15-4-1-13(2-5-15)17-9-16(11-27-7-8-34)33-19(17)20(26)29-12-30-33/h1-6,9-10,12,27,34H,7-8,11H2,(H2,26,29,30)(H2,28,31,32,35). The SMILES string of the molecule is Nc1ncnn2c(CNCCO)cc(-c3ccc(NC(=O)Nc4ccc(C(F)(F)F)cn4)cc3)c12. The van der Waals surface area contributed by atoms with Crippen molar-refractivity contribution in [3.05, 3.63) is 66.2 Å². The lowest BCUT2D eigenvalue weighted by atomic mass is 10.1. The summed E-state index contributed by atoms with van der Waals surface area (Å²) in [6, 6.07) is 10.1. The number of hydrogen-bond donors (Lipinski definition) is 5. The van der Waals surface area contributed by atoms with Gasteiger partial charge < -0.3 is 21.5 Å². The van der Waals surface area contributed by atoms with Crippen molar-refractivity contribution in [2.24, 2.45) is 0 Å². The third kappa shape index (κ3) is 5.47. The maximum absolute atomic E-state index is 12.6. The van der Waals surface area contributed by atoms with Crippen molar-refractivity contribution in [3.63, 3.8) is 0 Å². The van der Waals surface area contributed by atoms with E-state index < -0.39 is 17.8 Å². The predicted molar refractivity (Wildman–Crippen MR) is 124 cm³/mol. The number of carbonyl (C=O) groups is 1. The Balaban J connectivity index is 1.48. The maximum Gasteiger partial charge on any atom is 0.417 e. The van der Waals surface area contributed by atoms with Gasteiger partial charge in [-0.05, 0) is 35.9 Å². The summed E-state index contributed by atoms with van der Waals surface area (Å²) in [4.78, 5) is 19.9. The van der Waals surface area contributed by atoms with Gasteiger partial charge in [-0.25, -0.2) is 19.3 Å². The van der Waals surface area contributed by atoms with Gasteiger partial charge in [0.1, 0.15) is 17.7 Å². The van der Waals surface area contributed by atoms with E-state index in [0.29, 0.717) is 36.3 Å². The van der Waals surface area contributed by atoms with Gasteiger partial charge in [0.15, 0.2) is 5.82 Å². The Kier molecular flexibility index (Phi) is 6.80. The number of hydrogen-bond acceptors (Lipinski definition) is 7. The van der Waals surface area contributed by atoms with Crippen LogP contribution in [0.1, 0.15) is 11.3 Å². The first-order valence-electron chi connectivity index (χ1n) is 10.4. The Morgan fingerprint density at radius 3 is 2.51 bits per heavy atom. The Morgan fingerprint density at radius 2 is 1.86 bits per heavy atom. The topological polar surface area (TPSA) is 142 Å². The highest BCUT2D eigenvalue weighted by Crippen LogP contribution is 2.31. The smallest absolute Gasteiger partial charge is 0.395 e. The first kappa shape index (κ1) is 23.9. The lowest BCUT2D eigenvalue weighted by Crippen LogP contribution is -2.20. The summed E-state index contributed by atoms with van der Waals surface area (Å²) in [6.07, 6.45) is -2.50. The Bertz CT molecular complexity index is 1320. The van der Waals surface area contributed by atoms with E-state index in [1.165, 1.54) is 6.33 Å². The molecule has 35 heavy (non-hydrogen) atoms. The molecule has 10 nitrogen and oxygen atoms in total. The molecule has 0 aliphatic heterocycles. The van der Waals surface area contributed by atoms with Crippen LogP contribution in [0.15, 0.2) is 55.0 Å². The van der Waals surface area contributed by atoms with Gasteiger partial charge in [-0.2, -0.15) is 18.3 Å². The number of nitrogen functional groups attached to an aromatic ring is 1. The molecule has 4 rings (SSSR count). The number of aliphatic hydroxyl groups is 1. The lowest BCUT2D eigenvalue weighted by molar-refractivity contribution is -0.137. The molecule has 182 valence electrons. The summed E-state index contributed by atoms with van der Waals surface area (Å²) in [5.41, 5.74) is 8.68. The number of benzene rings is 1. The summed E-state index contributed by atoms with van der Waals surface area (Å²) in [7, 11) is 0. The third-order valence-corrected chi connectivity index (χ3v) is 5.04. The molecule has 0 saturated heterocycles. The number of pyridine rings is 1. The van der Waals surface area contributed by atoms with Crippen LogP contribution in [-0.2, 0) is 12.7 Å². The molecule has 0 aliphatic rings. The number of anilines is 3. The molecule has 0 bridgehead atoms. The molecule has 6 N–H and O–H groups in total. The van der Waals surface area contributed by atoms with Gasteiger partial charge in [-0.3, -0.25) is 5.32 Å². The van der Waals surface area contributed by atoms with Crippen LogP contribution in [-0.4, -0.2) is 43.9 Å². The zero-order valence-corrected chi connectivity index (χ0v) is 18.2. The summed E-state index contributed by atoms with van der Waals surface area (Å²) < 4.78 is 39.6. The summed E-state index contributed by atoms with van der Waals surface area (Å²) in [5.74, 6) is 0.277. The van der Waals surface area contributed by atoms with E-state index in [1.807, 2.05) is 6.07 Å². The van der Waals surface area contributed by atoms with E-state index in [9.17, 15) is 18.0 Å². The van der Waals surface area contributed by atoms with Crippen molar-refractivity contribution in [2.45, 2.75) is 12.7 Å². The number of halogens is 3. The van der Waals surface area contributed by atoms with E-state index >= 15 is 0 Å². The van der Waals surface area contributed by atoms with Gasteiger partial charge in [0.25, 0.3) is 0 Å². The highest BCUT2D eigenvalue weighted by atomic mass is 19.4. The minimum atomic E-state index is -4.51. The van der Waals surface area contributed by atoms with Gasteiger partial charge in [0.05, 0.1) is 17.9 Å². The number of nitrogens with zero attached hydrogens (tertiary/aromatic N) is 4. The molecule has 0 fully saturated rings. The molecule has 0 saturated carbocycles. The number of nitrogens with one attached hydrogen (secondary N) is 3. The van der Waals surface area contributed by atoms with Gasteiger partial charge in [-0.15, -0.1) is 0 Å². The Labute approximate surface area is 197 Å². The van der Waals surface area contributed by atoms with E-state index in [0.717, 1.165) is 29.0 Å². The van der Waals surface area contributed by atoms with Crippen molar-refractivity contribution < 1.29 is 23.1 Å². The predicted octanol–water partition coefficient (Wildman–Crippen LogP) is 3.12. The summed E-state index contributed by atoms with van der Waals surface area (Å²) in [6.45, 7) is 0.883. The number of urea groups is 1. The average molecular weight is 486 g/mol. The third-order valence-electron chi connectivity index (χ3n) is 5.04. The molecule has 1 aromatic carbocycles. The summed E-state index contributed by atoms with van der Waals surface area (Å²) in [5, 5.41) is 21.4. The van der Waals surface area contributed by atoms with E-state index in [-0.39, 0.29) is 12.4 Å². The van der Waals surface area contributed by atoms with Crippen molar-refractivity contribution in [1.29, 1.82) is 0 Å². The molecule has 0 aliphatic carbocycles. The molecule has 0 spiro atoms. The highest BCUT2D eigenvalue weighted by Gasteiger charge is 2.30. The van der Waals surface area contributed by atoms with Crippen molar-refractivity contribution in [1.82, 2.24) is 24.9 Å². The van der Waals surface area contributed by atoms with Crippen LogP contribution in [0, 0.1) is 0 Å². The first-order valence-corrected chi connectivity index (χ1v) is 10.4. The Hall–Kier alpha value is -4.23. The molecular formula is C22H21F3N8O2. The molecule has 4 aromatic rings. The quantitative estimate of drug-likeness (QED) is 0.253. The number of carbonyl (C=O) groups excluding carboxylic acids is 1. The second-order valence-corrected chi connectivity index (χ2v) is 7.44. The highest BCUT2D eigenvalue weighted by molar-refractivity contribution is 5.99. The van der Waals surface area contributed by atoms with Crippen LogP contribution in [0.4, 0.5) is 35.3 Å². The fourth-order valence-corrected chi connectivity index (χ4v) is 3.42. The van der Waals surface area contributed by atoms with Crippen LogP contribution in [0.3, 0.4) is 0 Å². The first-order chi connectivity index (χ1) is 16.8. The van der Waals surface area contributed by atoms with Crippen LogP contribution in [0.25, 0.3) is 16.6 Å². The lowest BCUT2D eigenvalue weighted by Gasteiger charge is -2.09. The molecule has 0 atom stereocenters. The van der Waals surface area contributed by atoms with E-state index in [4.69, 9.17) is 10.8 Å². The number of alkyl halides is 3. The van der Waals surface area contributed by atoms with Crippen molar-refractivity contribution in [2.75, 3.05) is 29.5 Å². The minimum Gasteiger partial charge on any atom is -0.395 e. The molecule has 3 aromatic heterocycles. The average Bonchev–Trinajstić information content (AvgIpc) is 3.19. The van der Waals surface area contributed by atoms with E-state index in [2.05, 4.69) is 31.0 Å². The van der Waals surface area contributed by atoms with Crippen molar-refractivity contribution >= 4 is 28.9 Å². The van der Waals surface area contributed by atoms with Crippen molar-refractivity contribution in [3.8, 4) is 11.1 Å². The molecular weight excluding hydrogens is 465 g/mol. The largest absolute Gasteiger partial charge is 0.417 e. The number of amides is 2. The zero-order chi connectivity index (χ0) is 25.0. The molecule has 3 heterocycles. The molecule has 13 heteroatoms. The fraction of sp³-hybridized carbons (Fsp3) is 0.182. The molecule has 0 radical (unpaired) electrons. The molecule has 2 amide bonds. The van der Waals surface area contributed by atoms with Gasteiger partial charge in [0.2, 0.25) is 0 Å². The van der Waals surface area contributed by atoms with Gasteiger partial charge in [0, 0.05) is 30.5 Å². The molecule has 0 unspecified atom stereocenters. The number of aliphatic hydroxyl groups excluding tert-OH is 1. The number of aromatic nitrogens is 4. The zero-order valence-electron chi connectivity index (χ0n) is 18.2. The number of rotatable bonds is 7. The normalized spacial score (nSPS) is 11.5. The summed E-state index contributed by atoms with van der Waals surface area (Å²) >= 11 is 0. The van der Waals surface area contributed by atoms with Gasteiger partial charge in [-0.1, -0.05) is 12.1 Å². The maximum atomic E-state index is 12.6. The van der Waals surface area contributed by atoms with Crippen LogP contribution < -0.4 is 21.7 Å². The Morgan fingerprint density at radius 1 is 1.09 bits per heavy atom. The van der Waals surface area contributed by atoms with E-state index in [1.54, 1.807) is 28.8 Å². The monoisotopic (exact) mass is 486 g/mol. The number of nitrogens with two attached hydrogens (primary N) is 1. The number of fused-ring (bicyclic) bond motifs is 1.